The fourth-order valence-electron chi connectivity index (χ4n) is 1.89. The Balaban J connectivity index is 3.11. The standard InChI is InChI=1S/C16H23N/c1-12(2)10-15-7-6-14(13(3)4)11-16(15)8-9-17-5/h6-9,11-13H,5,10H2,1-4H3/b9-8-. The van der Waals surface area contributed by atoms with Crippen LogP contribution >= 0.6 is 0 Å². The molecular formula is C16H23N. The monoisotopic (exact) mass is 229 g/mol. The van der Waals surface area contributed by atoms with Crippen LogP contribution in [0.4, 0.5) is 0 Å². The predicted molar refractivity (Wildman–Crippen MR) is 77.7 cm³/mol. The second-order valence-electron chi connectivity index (χ2n) is 5.21. The molecule has 0 spiro atoms. The molecule has 0 amide bonds. The maximum absolute atomic E-state index is 3.80. The van der Waals surface area contributed by atoms with Gasteiger partial charge < -0.3 is 0 Å². The lowest BCUT2D eigenvalue weighted by molar-refractivity contribution is 0.646. The molecule has 1 rings (SSSR count). The fraction of sp³-hybridized carbons (Fsp3) is 0.438. The summed E-state index contributed by atoms with van der Waals surface area (Å²) in [5.41, 5.74) is 4.04. The molecule has 0 heterocycles. The lowest BCUT2D eigenvalue weighted by Gasteiger charge is -2.12. The van der Waals surface area contributed by atoms with Crippen molar-refractivity contribution in [1.29, 1.82) is 0 Å². The first-order chi connectivity index (χ1) is 8.04. The van der Waals surface area contributed by atoms with Crippen molar-refractivity contribution in [2.24, 2.45) is 10.9 Å². The topological polar surface area (TPSA) is 12.4 Å². The molecule has 0 atom stereocenters. The van der Waals surface area contributed by atoms with Crippen molar-refractivity contribution in [3.63, 3.8) is 0 Å². The van der Waals surface area contributed by atoms with Crippen molar-refractivity contribution in [3.8, 4) is 0 Å². The van der Waals surface area contributed by atoms with Gasteiger partial charge >= 0.3 is 0 Å². The highest BCUT2D eigenvalue weighted by Gasteiger charge is 2.06. The summed E-state index contributed by atoms with van der Waals surface area (Å²) >= 11 is 0. The molecule has 0 saturated carbocycles. The van der Waals surface area contributed by atoms with Crippen molar-refractivity contribution in [2.75, 3.05) is 0 Å². The minimum absolute atomic E-state index is 0.562. The van der Waals surface area contributed by atoms with Crippen LogP contribution in [0.15, 0.2) is 29.4 Å². The smallest absolute Gasteiger partial charge is 0.0266 e. The Hall–Kier alpha value is -1.37. The van der Waals surface area contributed by atoms with Crippen LogP contribution in [0.1, 0.15) is 50.3 Å². The van der Waals surface area contributed by atoms with E-state index in [1.807, 2.05) is 0 Å². The number of hydrogen-bond donors (Lipinski definition) is 0. The summed E-state index contributed by atoms with van der Waals surface area (Å²) in [4.78, 5) is 3.80. The SMILES string of the molecule is C=N/C=C\c1cc(C(C)C)ccc1CC(C)C. The fourth-order valence-corrected chi connectivity index (χ4v) is 1.89. The van der Waals surface area contributed by atoms with E-state index >= 15 is 0 Å². The van der Waals surface area contributed by atoms with Crippen LogP contribution in [-0.2, 0) is 6.42 Å². The summed E-state index contributed by atoms with van der Waals surface area (Å²) in [5.74, 6) is 1.23. The summed E-state index contributed by atoms with van der Waals surface area (Å²) in [5, 5.41) is 0. The third-order valence-corrected chi connectivity index (χ3v) is 2.82. The van der Waals surface area contributed by atoms with Crippen LogP contribution in [0.3, 0.4) is 0 Å². The van der Waals surface area contributed by atoms with Crippen LogP contribution in [0.25, 0.3) is 6.08 Å². The van der Waals surface area contributed by atoms with E-state index in [0.717, 1.165) is 6.42 Å². The Labute approximate surface area is 105 Å². The van der Waals surface area contributed by atoms with Crippen LogP contribution in [-0.4, -0.2) is 6.72 Å². The molecule has 92 valence electrons. The van der Waals surface area contributed by atoms with Crippen LogP contribution in [0, 0.1) is 5.92 Å². The highest BCUT2D eigenvalue weighted by molar-refractivity contribution is 5.56. The number of hydrogen-bond acceptors (Lipinski definition) is 1. The van der Waals surface area contributed by atoms with Gasteiger partial charge in [0.05, 0.1) is 0 Å². The van der Waals surface area contributed by atoms with Crippen LogP contribution < -0.4 is 0 Å². The van der Waals surface area contributed by atoms with Gasteiger partial charge in [0.1, 0.15) is 0 Å². The lowest BCUT2D eigenvalue weighted by atomic mass is 9.93. The minimum Gasteiger partial charge on any atom is -0.272 e. The molecule has 0 aliphatic heterocycles. The molecule has 0 aliphatic carbocycles. The molecule has 17 heavy (non-hydrogen) atoms. The van der Waals surface area contributed by atoms with Crippen LogP contribution in [0.5, 0.6) is 0 Å². The van der Waals surface area contributed by atoms with Gasteiger partial charge in [-0.15, -0.1) is 0 Å². The first-order valence-corrected chi connectivity index (χ1v) is 6.29. The Morgan fingerprint density at radius 1 is 1.24 bits per heavy atom. The predicted octanol–water partition coefficient (Wildman–Crippen LogP) is 4.68. The maximum atomic E-state index is 3.80. The molecule has 1 heteroatoms. The molecule has 0 bridgehead atoms. The van der Waals surface area contributed by atoms with E-state index in [4.69, 9.17) is 0 Å². The molecule has 1 aromatic carbocycles. The quantitative estimate of drug-likeness (QED) is 0.650. The van der Waals surface area contributed by atoms with Crippen molar-refractivity contribution in [1.82, 2.24) is 0 Å². The summed E-state index contributed by atoms with van der Waals surface area (Å²) < 4.78 is 0. The molecular weight excluding hydrogens is 206 g/mol. The lowest BCUT2D eigenvalue weighted by Crippen LogP contribution is -1.98. The second kappa shape index (κ2) is 6.39. The van der Waals surface area contributed by atoms with Crippen LogP contribution in [0.2, 0.25) is 0 Å². The van der Waals surface area contributed by atoms with Crippen molar-refractivity contribution < 1.29 is 0 Å². The number of rotatable bonds is 5. The van der Waals surface area contributed by atoms with Gasteiger partial charge in [-0.1, -0.05) is 45.9 Å². The maximum Gasteiger partial charge on any atom is 0.0266 e. The van der Waals surface area contributed by atoms with E-state index in [1.54, 1.807) is 6.20 Å². The molecule has 0 saturated heterocycles. The Morgan fingerprint density at radius 3 is 2.47 bits per heavy atom. The Kier molecular flexibility index (Phi) is 5.14. The van der Waals surface area contributed by atoms with E-state index in [0.29, 0.717) is 11.8 Å². The number of nitrogens with zero attached hydrogens (tertiary/aromatic N) is 1. The first-order valence-electron chi connectivity index (χ1n) is 6.29. The van der Waals surface area contributed by atoms with E-state index < -0.39 is 0 Å². The molecule has 0 aliphatic rings. The average molecular weight is 229 g/mol. The number of benzene rings is 1. The normalized spacial score (nSPS) is 11.6. The van der Waals surface area contributed by atoms with E-state index in [9.17, 15) is 0 Å². The third-order valence-electron chi connectivity index (χ3n) is 2.82. The second-order valence-corrected chi connectivity index (χ2v) is 5.21. The van der Waals surface area contributed by atoms with Gasteiger partial charge in [-0.3, -0.25) is 4.99 Å². The van der Waals surface area contributed by atoms with Gasteiger partial charge in [-0.05, 0) is 47.7 Å². The zero-order valence-corrected chi connectivity index (χ0v) is 11.4. The molecule has 0 fully saturated rings. The molecule has 0 radical (unpaired) electrons. The Bertz CT molecular complexity index is 400. The van der Waals surface area contributed by atoms with Gasteiger partial charge in [-0.25, -0.2) is 0 Å². The molecule has 0 unspecified atom stereocenters. The Morgan fingerprint density at radius 2 is 1.94 bits per heavy atom. The average Bonchev–Trinajstić information content (AvgIpc) is 2.26. The number of aliphatic imine (C=N–C) groups is 1. The molecule has 0 aromatic heterocycles. The summed E-state index contributed by atoms with van der Waals surface area (Å²) in [6, 6.07) is 6.75. The summed E-state index contributed by atoms with van der Waals surface area (Å²) in [6.07, 6.45) is 4.93. The van der Waals surface area contributed by atoms with E-state index in [-0.39, 0.29) is 0 Å². The highest BCUT2D eigenvalue weighted by atomic mass is 14.6. The van der Waals surface area contributed by atoms with Gasteiger partial charge in [0.25, 0.3) is 0 Å². The molecule has 0 N–H and O–H groups in total. The van der Waals surface area contributed by atoms with Crippen molar-refractivity contribution in [3.05, 3.63) is 41.1 Å². The zero-order chi connectivity index (χ0) is 12.8. The van der Waals surface area contributed by atoms with E-state index in [1.165, 1.54) is 16.7 Å². The minimum atomic E-state index is 0.562. The molecule has 1 nitrogen and oxygen atoms in total. The molecule has 1 aromatic rings. The first kappa shape index (κ1) is 13.7. The van der Waals surface area contributed by atoms with Gasteiger partial charge in [0.2, 0.25) is 0 Å². The van der Waals surface area contributed by atoms with Crippen molar-refractivity contribution >= 4 is 12.8 Å². The van der Waals surface area contributed by atoms with Gasteiger partial charge in [0, 0.05) is 6.20 Å². The van der Waals surface area contributed by atoms with Gasteiger partial charge in [0.15, 0.2) is 0 Å². The summed E-state index contributed by atoms with van der Waals surface area (Å²) in [6.45, 7) is 12.4. The third kappa shape index (κ3) is 4.18. The van der Waals surface area contributed by atoms with Crippen molar-refractivity contribution in [2.45, 2.75) is 40.0 Å². The van der Waals surface area contributed by atoms with E-state index in [2.05, 4.69) is 63.7 Å². The van der Waals surface area contributed by atoms with Gasteiger partial charge in [-0.2, -0.15) is 0 Å². The highest BCUT2D eigenvalue weighted by Crippen LogP contribution is 2.22. The zero-order valence-electron chi connectivity index (χ0n) is 11.4. The largest absolute Gasteiger partial charge is 0.272 e. The summed E-state index contributed by atoms with van der Waals surface area (Å²) in [7, 11) is 0.